The molecule has 1 fully saturated rings. The fraction of sp³-hybridized carbons (Fsp3) is 0.455. The molecule has 142 valence electrons. The first-order chi connectivity index (χ1) is 12.7. The Labute approximate surface area is 168 Å². The Morgan fingerprint density at radius 3 is 1.41 bits per heavy atom. The van der Waals surface area contributed by atoms with Gasteiger partial charge in [-0.25, -0.2) is 0 Å². The molecule has 5 heteroatoms. The van der Waals surface area contributed by atoms with Gasteiger partial charge >= 0.3 is 11.9 Å². The summed E-state index contributed by atoms with van der Waals surface area (Å²) in [6.45, 7) is 12.7. The summed E-state index contributed by atoms with van der Waals surface area (Å²) in [5.74, 6) is -1.58. The number of cyclic esters (lactones) is 2. The second-order valence-corrected chi connectivity index (χ2v) is 10.8. The summed E-state index contributed by atoms with van der Waals surface area (Å²) in [4.78, 5) is 30.0. The van der Waals surface area contributed by atoms with E-state index in [9.17, 15) is 9.59 Å². The van der Waals surface area contributed by atoms with Gasteiger partial charge < -0.3 is 4.74 Å². The Kier molecular flexibility index (Phi) is 4.43. The smallest absolute Gasteiger partial charge is 0.318 e. The number of thiophene rings is 2. The molecule has 0 N–H and O–H groups in total. The van der Waals surface area contributed by atoms with E-state index in [0.29, 0.717) is 0 Å². The largest absolute Gasteiger partial charge is 0.393 e. The molecule has 0 aromatic carbocycles. The maximum absolute atomic E-state index is 12.5. The Morgan fingerprint density at radius 1 is 0.741 bits per heavy atom. The van der Waals surface area contributed by atoms with Gasteiger partial charge in [0, 0.05) is 19.5 Å². The number of hydrogen-bond donors (Lipinski definition) is 0. The van der Waals surface area contributed by atoms with Crippen LogP contribution in [0.4, 0.5) is 0 Å². The second-order valence-electron chi connectivity index (χ2n) is 7.85. The topological polar surface area (TPSA) is 43.4 Å². The Balaban J connectivity index is 2.04. The monoisotopic (exact) mass is 400 g/mol. The quantitative estimate of drug-likeness (QED) is 0.490. The summed E-state index contributed by atoms with van der Waals surface area (Å²) < 4.78 is 5.09. The number of rotatable bonds is 2. The van der Waals surface area contributed by atoms with Crippen molar-refractivity contribution in [1.29, 1.82) is 0 Å². The van der Waals surface area contributed by atoms with Gasteiger partial charge in [-0.2, -0.15) is 0 Å². The maximum Gasteiger partial charge on any atom is 0.318 e. The van der Waals surface area contributed by atoms with Crippen LogP contribution in [-0.4, -0.2) is 11.9 Å². The van der Waals surface area contributed by atoms with E-state index in [4.69, 9.17) is 4.74 Å². The minimum absolute atomic E-state index is 0.0487. The van der Waals surface area contributed by atoms with Crippen LogP contribution < -0.4 is 0 Å². The first kappa shape index (κ1) is 18.6. The van der Waals surface area contributed by atoms with Crippen LogP contribution in [0.5, 0.6) is 0 Å². The van der Waals surface area contributed by atoms with E-state index >= 15 is 0 Å². The standard InChI is InChI=1S/C22H24O3S2/c1-9-7-15(13(5)26-9)17-11(3)19-20(22(24)25-21(19)23)12(4)18(17)16-8-10(2)27-14(16)6/h7-8,11-12,19-20H,1-6H3. The molecule has 2 aromatic heterocycles. The highest BCUT2D eigenvalue weighted by Gasteiger charge is 2.55. The van der Waals surface area contributed by atoms with E-state index in [2.05, 4.69) is 53.7 Å². The molecule has 0 amide bonds. The molecule has 4 unspecified atom stereocenters. The van der Waals surface area contributed by atoms with Crippen molar-refractivity contribution in [3.05, 3.63) is 42.8 Å². The highest BCUT2D eigenvalue weighted by atomic mass is 32.1. The first-order valence-electron chi connectivity index (χ1n) is 9.35. The summed E-state index contributed by atoms with van der Waals surface area (Å²) >= 11 is 3.57. The van der Waals surface area contributed by atoms with E-state index in [-0.39, 0.29) is 35.6 Å². The van der Waals surface area contributed by atoms with Crippen LogP contribution in [0, 0.1) is 51.4 Å². The molecule has 4 rings (SSSR count). The lowest BCUT2D eigenvalue weighted by Gasteiger charge is -2.37. The van der Waals surface area contributed by atoms with Crippen molar-refractivity contribution in [2.75, 3.05) is 0 Å². The highest BCUT2D eigenvalue weighted by Crippen LogP contribution is 2.54. The molecule has 0 radical (unpaired) electrons. The lowest BCUT2D eigenvalue weighted by molar-refractivity contribution is -0.154. The predicted octanol–water partition coefficient (Wildman–Crippen LogP) is 5.56. The van der Waals surface area contributed by atoms with E-state index in [1.165, 1.54) is 41.8 Å². The van der Waals surface area contributed by atoms with Crippen molar-refractivity contribution in [3.8, 4) is 0 Å². The molecule has 2 aliphatic rings. The van der Waals surface area contributed by atoms with E-state index < -0.39 is 0 Å². The van der Waals surface area contributed by atoms with Crippen LogP contribution in [0.15, 0.2) is 12.1 Å². The molecule has 0 saturated carbocycles. The average Bonchev–Trinajstić information content (AvgIpc) is 3.18. The molecule has 27 heavy (non-hydrogen) atoms. The summed E-state index contributed by atoms with van der Waals surface area (Å²) in [6.07, 6.45) is 0. The zero-order chi connectivity index (χ0) is 19.6. The van der Waals surface area contributed by atoms with Gasteiger partial charge in [0.05, 0.1) is 11.8 Å². The van der Waals surface area contributed by atoms with Gasteiger partial charge in [-0.1, -0.05) is 13.8 Å². The van der Waals surface area contributed by atoms with Crippen LogP contribution in [0.25, 0.3) is 11.1 Å². The van der Waals surface area contributed by atoms with Crippen molar-refractivity contribution in [1.82, 2.24) is 0 Å². The molecule has 1 aliphatic carbocycles. The number of fused-ring (bicyclic) bond motifs is 1. The van der Waals surface area contributed by atoms with Crippen molar-refractivity contribution < 1.29 is 14.3 Å². The van der Waals surface area contributed by atoms with Crippen molar-refractivity contribution in [3.63, 3.8) is 0 Å². The fourth-order valence-corrected chi connectivity index (χ4v) is 6.86. The predicted molar refractivity (Wildman–Crippen MR) is 111 cm³/mol. The third-order valence-corrected chi connectivity index (χ3v) is 8.00. The van der Waals surface area contributed by atoms with Crippen molar-refractivity contribution >= 4 is 45.8 Å². The molecule has 0 bridgehead atoms. The molecule has 1 aliphatic heterocycles. The van der Waals surface area contributed by atoms with E-state index in [1.54, 1.807) is 22.7 Å². The molecule has 3 nitrogen and oxygen atoms in total. The molecule has 1 saturated heterocycles. The lowest BCUT2D eigenvalue weighted by atomic mass is 9.63. The summed E-state index contributed by atoms with van der Waals surface area (Å²) in [5.41, 5.74) is 4.89. The number of hydrogen-bond acceptors (Lipinski definition) is 5. The molecular formula is C22H24O3S2. The summed E-state index contributed by atoms with van der Waals surface area (Å²) in [6, 6.07) is 4.46. The van der Waals surface area contributed by atoms with Gasteiger partial charge in [0.15, 0.2) is 0 Å². The minimum Gasteiger partial charge on any atom is -0.393 e. The van der Waals surface area contributed by atoms with Crippen LogP contribution in [0.2, 0.25) is 0 Å². The van der Waals surface area contributed by atoms with Crippen LogP contribution >= 0.6 is 22.7 Å². The lowest BCUT2D eigenvalue weighted by Crippen LogP contribution is -2.35. The van der Waals surface area contributed by atoms with Crippen LogP contribution in [0.3, 0.4) is 0 Å². The number of aryl methyl sites for hydroxylation is 4. The van der Waals surface area contributed by atoms with Gasteiger partial charge in [0.1, 0.15) is 0 Å². The number of esters is 2. The van der Waals surface area contributed by atoms with Gasteiger partial charge in [0.2, 0.25) is 0 Å². The Bertz CT molecular complexity index is 913. The second kappa shape index (κ2) is 6.42. The Morgan fingerprint density at radius 2 is 1.11 bits per heavy atom. The molecule has 4 atom stereocenters. The SMILES string of the molecule is Cc1cc(C2=C(c3cc(C)sc3C)C(C)C3C(=O)OC(=O)C3C2C)c(C)s1. The number of allylic oxidation sites excluding steroid dienone is 2. The van der Waals surface area contributed by atoms with Gasteiger partial charge in [-0.3, -0.25) is 9.59 Å². The number of carbonyl (C=O) groups excluding carboxylic acids is 2. The summed E-state index contributed by atoms with van der Waals surface area (Å²) in [7, 11) is 0. The molecule has 0 spiro atoms. The maximum atomic E-state index is 12.5. The van der Waals surface area contributed by atoms with E-state index in [0.717, 1.165) is 0 Å². The Hall–Kier alpha value is -1.72. The van der Waals surface area contributed by atoms with Gasteiger partial charge in [-0.05, 0) is 73.9 Å². The molecule has 3 heterocycles. The van der Waals surface area contributed by atoms with E-state index in [1.807, 2.05) is 0 Å². The van der Waals surface area contributed by atoms with Gasteiger partial charge in [0.25, 0.3) is 0 Å². The number of ether oxygens (including phenoxy) is 1. The van der Waals surface area contributed by atoms with Gasteiger partial charge in [-0.15, -0.1) is 22.7 Å². The normalized spacial score (nSPS) is 27.9. The zero-order valence-corrected chi connectivity index (χ0v) is 18.1. The third-order valence-electron chi connectivity index (χ3n) is 6.07. The number of carbonyl (C=O) groups is 2. The van der Waals surface area contributed by atoms with Crippen molar-refractivity contribution in [2.45, 2.75) is 41.5 Å². The van der Waals surface area contributed by atoms with Crippen LogP contribution in [0.1, 0.15) is 44.5 Å². The molecule has 2 aromatic rings. The third kappa shape index (κ3) is 2.74. The molecular weight excluding hydrogens is 376 g/mol. The van der Waals surface area contributed by atoms with Crippen molar-refractivity contribution in [2.24, 2.45) is 23.7 Å². The first-order valence-corrected chi connectivity index (χ1v) is 11.0. The summed E-state index contributed by atoms with van der Waals surface area (Å²) in [5, 5.41) is 0. The zero-order valence-electron chi connectivity index (χ0n) is 16.5. The average molecular weight is 401 g/mol. The highest BCUT2D eigenvalue weighted by molar-refractivity contribution is 7.12. The fourth-order valence-electron chi connectivity index (χ4n) is 4.99. The minimum atomic E-state index is -0.383. The van der Waals surface area contributed by atoms with Crippen LogP contribution in [-0.2, 0) is 14.3 Å².